The smallest absolute Gasteiger partial charge is 0.239 e. The van der Waals surface area contributed by atoms with Gasteiger partial charge in [-0.15, -0.1) is 0 Å². The van der Waals surface area contributed by atoms with E-state index in [4.69, 9.17) is 37.8 Å². The molecule has 1 unspecified atom stereocenters. The quantitative estimate of drug-likeness (QED) is 0.797. The molecule has 0 aliphatic carbocycles. The molecule has 2 rings (SSSR count). The van der Waals surface area contributed by atoms with Crippen molar-refractivity contribution in [2.45, 2.75) is 36.7 Å². The van der Waals surface area contributed by atoms with Crippen molar-refractivity contribution < 1.29 is 17.9 Å². The average Bonchev–Trinajstić information content (AvgIpc) is 2.91. The maximum atomic E-state index is 11.3. The van der Waals surface area contributed by atoms with Crippen LogP contribution < -0.4 is 9.88 Å². The number of sulfonamides is 1. The maximum Gasteiger partial charge on any atom is 0.239 e. The van der Waals surface area contributed by atoms with Crippen molar-refractivity contribution in [2.24, 2.45) is 5.14 Å². The first-order valence-electron chi connectivity index (χ1n) is 6.65. The third kappa shape index (κ3) is 4.47. The van der Waals surface area contributed by atoms with E-state index < -0.39 is 10.0 Å². The lowest BCUT2D eigenvalue weighted by Gasteiger charge is -2.12. The molecule has 8 heteroatoms. The third-order valence-corrected chi connectivity index (χ3v) is 5.20. The summed E-state index contributed by atoms with van der Waals surface area (Å²) in [6.45, 7) is 1.30. The van der Waals surface area contributed by atoms with Crippen LogP contribution in [0.4, 0.5) is 0 Å². The Hall–Kier alpha value is -0.530. The van der Waals surface area contributed by atoms with E-state index in [1.54, 1.807) is 0 Å². The average molecular weight is 354 g/mol. The van der Waals surface area contributed by atoms with Crippen molar-refractivity contribution in [3.63, 3.8) is 0 Å². The molecule has 0 spiro atoms. The largest absolute Gasteiger partial charge is 0.492 e. The van der Waals surface area contributed by atoms with Crippen molar-refractivity contribution in [1.29, 1.82) is 0 Å². The van der Waals surface area contributed by atoms with Crippen molar-refractivity contribution in [2.75, 3.05) is 13.2 Å². The fourth-order valence-corrected chi connectivity index (χ4v) is 3.57. The molecule has 0 radical (unpaired) electrons. The lowest BCUT2D eigenvalue weighted by molar-refractivity contribution is 0.0981. The Morgan fingerprint density at radius 2 is 2.10 bits per heavy atom. The van der Waals surface area contributed by atoms with E-state index in [-0.39, 0.29) is 14.9 Å². The first kappa shape index (κ1) is 16.8. The maximum absolute atomic E-state index is 11.3. The van der Waals surface area contributed by atoms with Crippen molar-refractivity contribution in [1.82, 2.24) is 0 Å². The summed E-state index contributed by atoms with van der Waals surface area (Å²) in [7, 11) is -3.90. The summed E-state index contributed by atoms with van der Waals surface area (Å²) < 4.78 is 33.7. The fraction of sp³-hybridized carbons (Fsp3) is 0.538. The molecule has 21 heavy (non-hydrogen) atoms. The van der Waals surface area contributed by atoms with Crippen LogP contribution in [-0.2, 0) is 14.8 Å². The molecular formula is C13H17Cl2NO4S. The number of nitrogens with two attached hydrogens (primary N) is 1. The van der Waals surface area contributed by atoms with Crippen LogP contribution >= 0.6 is 23.2 Å². The van der Waals surface area contributed by atoms with Gasteiger partial charge in [0.05, 0.1) is 17.7 Å². The number of rotatable bonds is 6. The predicted octanol–water partition coefficient (Wildman–Crippen LogP) is 2.98. The molecule has 1 heterocycles. The summed E-state index contributed by atoms with van der Waals surface area (Å²) in [6, 6.07) is 2.75. The lowest BCUT2D eigenvalue weighted by atomic mass is 10.1. The first-order chi connectivity index (χ1) is 9.89. The number of primary sulfonamides is 1. The van der Waals surface area contributed by atoms with Crippen molar-refractivity contribution in [3.8, 4) is 5.75 Å². The zero-order chi connectivity index (χ0) is 15.5. The van der Waals surface area contributed by atoms with Crippen LogP contribution in [0, 0.1) is 0 Å². The number of benzene rings is 1. The molecule has 1 aliphatic heterocycles. The summed E-state index contributed by atoms with van der Waals surface area (Å²) in [5, 5.41) is 4.98. The molecule has 1 aromatic rings. The zero-order valence-electron chi connectivity index (χ0n) is 11.3. The minimum absolute atomic E-state index is 0.0558. The Kier molecular flexibility index (Phi) is 5.73. The standard InChI is InChI=1S/C13H17Cl2NO4S/c14-12-10(5-6-11(13(12)15)21(16,17)18)20-8-2-4-9-3-1-7-19-9/h5-6,9H,1-4,7-8H2,(H2,16,17,18). The number of hydrogen-bond donors (Lipinski definition) is 1. The Balaban J connectivity index is 1.93. The molecule has 0 bridgehead atoms. The Morgan fingerprint density at radius 1 is 1.33 bits per heavy atom. The summed E-state index contributed by atoms with van der Waals surface area (Å²) in [6.07, 6.45) is 4.28. The SMILES string of the molecule is NS(=O)(=O)c1ccc(OCCCC2CCCO2)c(Cl)c1Cl. The number of hydrogen-bond acceptors (Lipinski definition) is 4. The van der Waals surface area contributed by atoms with Gasteiger partial charge in [-0.2, -0.15) is 0 Å². The molecule has 1 atom stereocenters. The normalized spacial score (nSPS) is 18.9. The van der Waals surface area contributed by atoms with Gasteiger partial charge in [-0.1, -0.05) is 23.2 Å². The van der Waals surface area contributed by atoms with E-state index in [9.17, 15) is 8.42 Å². The number of ether oxygens (including phenoxy) is 2. The molecule has 1 fully saturated rings. The van der Waals surface area contributed by atoms with Crippen LogP contribution in [0.3, 0.4) is 0 Å². The zero-order valence-corrected chi connectivity index (χ0v) is 13.7. The van der Waals surface area contributed by atoms with E-state index in [0.29, 0.717) is 18.5 Å². The second-order valence-corrected chi connectivity index (χ2v) is 7.15. The molecule has 0 aromatic heterocycles. The van der Waals surface area contributed by atoms with Gasteiger partial charge in [-0.05, 0) is 37.8 Å². The molecule has 1 saturated heterocycles. The Labute approximate surface area is 134 Å². The molecule has 0 saturated carbocycles. The van der Waals surface area contributed by atoms with E-state index in [0.717, 1.165) is 32.3 Å². The highest BCUT2D eigenvalue weighted by Crippen LogP contribution is 2.36. The third-order valence-electron chi connectivity index (χ3n) is 3.27. The number of halogens is 2. The lowest BCUT2D eigenvalue weighted by Crippen LogP contribution is -2.13. The van der Waals surface area contributed by atoms with Gasteiger partial charge in [-0.25, -0.2) is 13.6 Å². The molecule has 2 N–H and O–H groups in total. The van der Waals surface area contributed by atoms with Gasteiger partial charge >= 0.3 is 0 Å². The van der Waals surface area contributed by atoms with Crippen LogP contribution in [0.1, 0.15) is 25.7 Å². The highest BCUT2D eigenvalue weighted by atomic mass is 35.5. The van der Waals surface area contributed by atoms with Crippen LogP contribution in [0.25, 0.3) is 0 Å². The van der Waals surface area contributed by atoms with Gasteiger partial charge in [0.1, 0.15) is 15.7 Å². The predicted molar refractivity (Wildman–Crippen MR) is 81.5 cm³/mol. The minimum atomic E-state index is -3.90. The molecular weight excluding hydrogens is 337 g/mol. The second kappa shape index (κ2) is 7.15. The summed E-state index contributed by atoms with van der Waals surface area (Å²) in [5.74, 6) is 0.349. The molecule has 118 valence electrons. The van der Waals surface area contributed by atoms with Gasteiger partial charge in [0.15, 0.2) is 0 Å². The van der Waals surface area contributed by atoms with Crippen molar-refractivity contribution in [3.05, 3.63) is 22.2 Å². The molecule has 5 nitrogen and oxygen atoms in total. The van der Waals surface area contributed by atoms with E-state index in [1.165, 1.54) is 12.1 Å². The molecule has 1 aliphatic rings. The molecule has 0 amide bonds. The first-order valence-corrected chi connectivity index (χ1v) is 8.95. The Morgan fingerprint density at radius 3 is 2.71 bits per heavy atom. The van der Waals surface area contributed by atoms with E-state index >= 15 is 0 Å². The Bertz CT molecular complexity index is 600. The summed E-state index contributed by atoms with van der Waals surface area (Å²) in [5.41, 5.74) is 0. The summed E-state index contributed by atoms with van der Waals surface area (Å²) >= 11 is 11.9. The highest BCUT2D eigenvalue weighted by Gasteiger charge is 2.19. The van der Waals surface area contributed by atoms with Crippen LogP contribution in [0.15, 0.2) is 17.0 Å². The van der Waals surface area contributed by atoms with Gasteiger partial charge in [-0.3, -0.25) is 0 Å². The van der Waals surface area contributed by atoms with Crippen molar-refractivity contribution >= 4 is 33.2 Å². The van der Waals surface area contributed by atoms with Gasteiger partial charge < -0.3 is 9.47 Å². The fourth-order valence-electron chi connectivity index (χ4n) is 2.21. The topological polar surface area (TPSA) is 78.6 Å². The van der Waals surface area contributed by atoms with Gasteiger partial charge in [0, 0.05) is 6.61 Å². The van der Waals surface area contributed by atoms with E-state index in [1.807, 2.05) is 0 Å². The monoisotopic (exact) mass is 353 g/mol. The molecule has 1 aromatic carbocycles. The van der Waals surface area contributed by atoms with Gasteiger partial charge in [0.2, 0.25) is 10.0 Å². The minimum Gasteiger partial charge on any atom is -0.492 e. The highest BCUT2D eigenvalue weighted by molar-refractivity contribution is 7.89. The van der Waals surface area contributed by atoms with Crippen LogP contribution in [0.5, 0.6) is 5.75 Å². The van der Waals surface area contributed by atoms with E-state index in [2.05, 4.69) is 0 Å². The van der Waals surface area contributed by atoms with Crippen LogP contribution in [0.2, 0.25) is 10.0 Å². The summed E-state index contributed by atoms with van der Waals surface area (Å²) in [4.78, 5) is -0.208. The second-order valence-electron chi connectivity index (χ2n) is 4.86. The van der Waals surface area contributed by atoms with Gasteiger partial charge in [0.25, 0.3) is 0 Å². The van der Waals surface area contributed by atoms with Crippen LogP contribution in [-0.4, -0.2) is 27.7 Å².